The van der Waals surface area contributed by atoms with Crippen LogP contribution < -0.4 is 10.6 Å². The molecule has 0 aliphatic heterocycles. The van der Waals surface area contributed by atoms with Crippen LogP contribution in [0.2, 0.25) is 5.02 Å². The number of anilines is 2. The molecule has 0 bridgehead atoms. The van der Waals surface area contributed by atoms with Crippen LogP contribution in [-0.4, -0.2) is 16.9 Å². The molecule has 0 spiro atoms. The highest BCUT2D eigenvalue weighted by molar-refractivity contribution is 6.33. The molecule has 8 heteroatoms. The number of rotatable bonds is 5. The third-order valence-electron chi connectivity index (χ3n) is 3.57. The van der Waals surface area contributed by atoms with Crippen LogP contribution in [0.5, 0.6) is 0 Å². The van der Waals surface area contributed by atoms with Gasteiger partial charge in [-0.1, -0.05) is 11.6 Å². The molecular formula is C16H13ClFN3O3. The molecule has 1 aliphatic carbocycles. The lowest BCUT2D eigenvalue weighted by Crippen LogP contribution is -2.13. The van der Waals surface area contributed by atoms with E-state index >= 15 is 0 Å². The minimum Gasteiger partial charge on any atom is -0.377 e. The number of carbonyl (C=O) groups excluding carboxylic acids is 1. The lowest BCUT2D eigenvalue weighted by molar-refractivity contribution is -0.384. The lowest BCUT2D eigenvalue weighted by atomic mass is 10.1. The fourth-order valence-electron chi connectivity index (χ4n) is 2.18. The summed E-state index contributed by atoms with van der Waals surface area (Å²) in [7, 11) is 0. The van der Waals surface area contributed by atoms with Crippen molar-refractivity contribution in [3.63, 3.8) is 0 Å². The maximum Gasteiger partial charge on any atom is 0.293 e. The Morgan fingerprint density at radius 2 is 1.92 bits per heavy atom. The number of amides is 1. The van der Waals surface area contributed by atoms with Crippen LogP contribution in [0, 0.1) is 15.9 Å². The molecule has 0 aromatic heterocycles. The SMILES string of the molecule is O=C(Nc1ccc(F)cc1Cl)c1ccc(NC2CC2)c([N+](=O)[O-])c1. The van der Waals surface area contributed by atoms with E-state index in [2.05, 4.69) is 10.6 Å². The van der Waals surface area contributed by atoms with E-state index in [0.717, 1.165) is 25.0 Å². The van der Waals surface area contributed by atoms with Gasteiger partial charge in [-0.3, -0.25) is 14.9 Å². The first-order chi connectivity index (χ1) is 11.4. The van der Waals surface area contributed by atoms with Gasteiger partial charge in [0.15, 0.2) is 0 Å². The average molecular weight is 350 g/mol. The van der Waals surface area contributed by atoms with E-state index in [4.69, 9.17) is 11.6 Å². The number of nitro benzene ring substituents is 1. The van der Waals surface area contributed by atoms with Gasteiger partial charge in [0.25, 0.3) is 11.6 Å². The van der Waals surface area contributed by atoms with E-state index in [1.807, 2.05) is 0 Å². The van der Waals surface area contributed by atoms with E-state index in [1.165, 1.54) is 24.3 Å². The first kappa shape index (κ1) is 16.2. The largest absolute Gasteiger partial charge is 0.377 e. The number of nitro groups is 1. The Morgan fingerprint density at radius 1 is 1.21 bits per heavy atom. The second-order valence-corrected chi connectivity index (χ2v) is 5.89. The fourth-order valence-corrected chi connectivity index (χ4v) is 2.39. The summed E-state index contributed by atoms with van der Waals surface area (Å²) >= 11 is 5.86. The number of nitrogens with one attached hydrogen (secondary N) is 2. The van der Waals surface area contributed by atoms with Gasteiger partial charge in [-0.05, 0) is 43.2 Å². The molecule has 2 N–H and O–H groups in total. The Labute approximate surface area is 141 Å². The Morgan fingerprint density at radius 3 is 2.54 bits per heavy atom. The van der Waals surface area contributed by atoms with Crippen molar-refractivity contribution in [2.75, 3.05) is 10.6 Å². The van der Waals surface area contributed by atoms with Crippen LogP contribution in [0.15, 0.2) is 36.4 Å². The summed E-state index contributed by atoms with van der Waals surface area (Å²) in [5.74, 6) is -1.09. The van der Waals surface area contributed by atoms with Crippen LogP contribution in [-0.2, 0) is 0 Å². The topological polar surface area (TPSA) is 84.3 Å². The monoisotopic (exact) mass is 349 g/mol. The minimum atomic E-state index is -0.565. The molecule has 6 nitrogen and oxygen atoms in total. The van der Waals surface area contributed by atoms with E-state index in [0.29, 0.717) is 5.69 Å². The summed E-state index contributed by atoms with van der Waals surface area (Å²) in [4.78, 5) is 22.9. The number of benzene rings is 2. The molecule has 2 aromatic rings. The molecule has 1 amide bonds. The van der Waals surface area contributed by atoms with Crippen LogP contribution in [0.25, 0.3) is 0 Å². The second-order valence-electron chi connectivity index (χ2n) is 5.49. The molecule has 1 fully saturated rings. The molecule has 0 heterocycles. The normalized spacial score (nSPS) is 13.4. The first-order valence-corrected chi connectivity index (χ1v) is 7.63. The zero-order valence-corrected chi connectivity index (χ0v) is 13.1. The van der Waals surface area contributed by atoms with Crippen LogP contribution in [0.3, 0.4) is 0 Å². The first-order valence-electron chi connectivity index (χ1n) is 7.25. The summed E-state index contributed by atoms with van der Waals surface area (Å²) in [6.07, 6.45) is 1.95. The number of halogens is 2. The van der Waals surface area contributed by atoms with E-state index in [1.54, 1.807) is 0 Å². The van der Waals surface area contributed by atoms with Crippen molar-refractivity contribution in [1.29, 1.82) is 0 Å². The van der Waals surface area contributed by atoms with Crippen molar-refractivity contribution in [3.8, 4) is 0 Å². The van der Waals surface area contributed by atoms with Crippen molar-refractivity contribution in [1.82, 2.24) is 0 Å². The maximum absolute atomic E-state index is 13.0. The van der Waals surface area contributed by atoms with Gasteiger partial charge >= 0.3 is 0 Å². The molecule has 2 aromatic carbocycles. The fraction of sp³-hybridized carbons (Fsp3) is 0.188. The number of hydrogen-bond acceptors (Lipinski definition) is 4. The Kier molecular flexibility index (Phi) is 4.35. The Balaban J connectivity index is 1.83. The van der Waals surface area contributed by atoms with Gasteiger partial charge in [0.05, 0.1) is 15.6 Å². The summed E-state index contributed by atoms with van der Waals surface area (Å²) in [6.45, 7) is 0. The number of carbonyl (C=O) groups is 1. The van der Waals surface area contributed by atoms with Gasteiger partial charge in [-0.25, -0.2) is 4.39 Å². The van der Waals surface area contributed by atoms with E-state index in [-0.39, 0.29) is 28.0 Å². The minimum absolute atomic E-state index is 0.0462. The van der Waals surface area contributed by atoms with Crippen molar-refractivity contribution in [2.24, 2.45) is 0 Å². The summed E-state index contributed by atoms with van der Waals surface area (Å²) in [6, 6.07) is 8.02. The van der Waals surface area contributed by atoms with Crippen molar-refractivity contribution >= 4 is 34.6 Å². The van der Waals surface area contributed by atoms with E-state index < -0.39 is 16.6 Å². The molecule has 24 heavy (non-hydrogen) atoms. The van der Waals surface area contributed by atoms with Gasteiger partial charge in [0.2, 0.25) is 0 Å². The summed E-state index contributed by atoms with van der Waals surface area (Å²) in [5.41, 5.74) is 0.563. The zero-order valence-electron chi connectivity index (χ0n) is 12.4. The molecule has 1 saturated carbocycles. The molecular weight excluding hydrogens is 337 g/mol. The highest BCUT2D eigenvalue weighted by Crippen LogP contribution is 2.32. The third kappa shape index (κ3) is 3.62. The van der Waals surface area contributed by atoms with Crippen molar-refractivity contribution < 1.29 is 14.1 Å². The third-order valence-corrected chi connectivity index (χ3v) is 3.89. The highest BCUT2D eigenvalue weighted by Gasteiger charge is 2.25. The standard InChI is InChI=1S/C16H13ClFN3O3/c17-12-8-10(18)2-6-13(12)20-16(22)9-1-5-14(19-11-3-4-11)15(7-9)21(23)24/h1-2,5-8,11,19H,3-4H2,(H,20,22). The molecule has 1 aliphatic rings. The van der Waals surface area contributed by atoms with Crippen LogP contribution in [0.4, 0.5) is 21.5 Å². The van der Waals surface area contributed by atoms with Crippen molar-refractivity contribution in [3.05, 3.63) is 62.9 Å². The quantitative estimate of drug-likeness (QED) is 0.625. The Hall–Kier alpha value is -2.67. The van der Waals surface area contributed by atoms with Gasteiger partial charge in [-0.15, -0.1) is 0 Å². The predicted octanol–water partition coefficient (Wildman–Crippen LogP) is 4.21. The maximum atomic E-state index is 13.0. The molecule has 0 unspecified atom stereocenters. The van der Waals surface area contributed by atoms with E-state index in [9.17, 15) is 19.3 Å². The number of nitrogens with zero attached hydrogens (tertiary/aromatic N) is 1. The van der Waals surface area contributed by atoms with Gasteiger partial charge in [0, 0.05) is 17.7 Å². The van der Waals surface area contributed by atoms with Crippen LogP contribution in [0.1, 0.15) is 23.2 Å². The summed E-state index contributed by atoms with van der Waals surface area (Å²) < 4.78 is 13.0. The lowest BCUT2D eigenvalue weighted by Gasteiger charge is -2.09. The number of hydrogen-bond donors (Lipinski definition) is 2. The Bertz CT molecular complexity index is 824. The molecule has 0 atom stereocenters. The predicted molar refractivity (Wildman–Crippen MR) is 89.1 cm³/mol. The zero-order chi connectivity index (χ0) is 17.3. The molecule has 0 radical (unpaired) electrons. The van der Waals surface area contributed by atoms with Gasteiger partial charge in [0.1, 0.15) is 11.5 Å². The smallest absolute Gasteiger partial charge is 0.293 e. The molecule has 3 rings (SSSR count). The van der Waals surface area contributed by atoms with Gasteiger partial charge < -0.3 is 10.6 Å². The van der Waals surface area contributed by atoms with Crippen molar-refractivity contribution in [2.45, 2.75) is 18.9 Å². The highest BCUT2D eigenvalue weighted by atomic mass is 35.5. The summed E-state index contributed by atoms with van der Waals surface area (Å²) in [5, 5.41) is 16.8. The van der Waals surface area contributed by atoms with Gasteiger partial charge in [-0.2, -0.15) is 0 Å². The van der Waals surface area contributed by atoms with Crippen LogP contribution >= 0.6 is 11.6 Å². The molecule has 124 valence electrons. The average Bonchev–Trinajstić information content (AvgIpc) is 3.34. The second kappa shape index (κ2) is 6.45. The molecule has 0 saturated heterocycles.